The van der Waals surface area contributed by atoms with Gasteiger partial charge in [-0.25, -0.2) is 0 Å². The van der Waals surface area contributed by atoms with Gasteiger partial charge in [-0.3, -0.25) is 0 Å². The Balaban J connectivity index is 2.73. The molecule has 62 valence electrons. The summed E-state index contributed by atoms with van der Waals surface area (Å²) in [5, 5.41) is 0. The zero-order valence-corrected chi connectivity index (χ0v) is 7.13. The van der Waals surface area contributed by atoms with Crippen LogP contribution < -0.4 is 5.73 Å². The van der Waals surface area contributed by atoms with E-state index in [1.54, 1.807) is 12.5 Å². The van der Waals surface area contributed by atoms with Crippen molar-refractivity contribution < 1.29 is 4.42 Å². The van der Waals surface area contributed by atoms with E-state index in [4.69, 9.17) is 10.2 Å². The summed E-state index contributed by atoms with van der Waals surface area (Å²) in [7, 11) is 0. The molecule has 0 saturated heterocycles. The van der Waals surface area contributed by atoms with Crippen molar-refractivity contribution in [2.24, 2.45) is 5.73 Å². The molecule has 0 atom stereocenters. The van der Waals surface area contributed by atoms with Crippen LogP contribution in [0.1, 0.15) is 25.8 Å². The Labute approximate surface area is 67.4 Å². The third-order valence-electron chi connectivity index (χ3n) is 2.07. The summed E-state index contributed by atoms with van der Waals surface area (Å²) < 4.78 is 5.01. The Hall–Kier alpha value is -0.760. The van der Waals surface area contributed by atoms with Crippen molar-refractivity contribution in [2.75, 3.05) is 6.54 Å². The van der Waals surface area contributed by atoms with Gasteiger partial charge in [-0.2, -0.15) is 0 Å². The molecule has 2 N–H and O–H groups in total. The first kappa shape index (κ1) is 8.34. The van der Waals surface area contributed by atoms with E-state index in [0.717, 1.165) is 13.0 Å². The first-order valence-electron chi connectivity index (χ1n) is 3.89. The second-order valence-corrected chi connectivity index (χ2v) is 3.43. The topological polar surface area (TPSA) is 39.2 Å². The second-order valence-electron chi connectivity index (χ2n) is 3.43. The molecule has 0 amide bonds. The van der Waals surface area contributed by atoms with Crippen molar-refractivity contribution >= 4 is 0 Å². The van der Waals surface area contributed by atoms with Crippen molar-refractivity contribution in [3.8, 4) is 0 Å². The minimum atomic E-state index is 0.155. The van der Waals surface area contributed by atoms with Crippen molar-refractivity contribution in [2.45, 2.75) is 25.7 Å². The lowest BCUT2D eigenvalue weighted by Crippen LogP contribution is -2.20. The van der Waals surface area contributed by atoms with Gasteiger partial charge < -0.3 is 10.2 Å². The SMILES string of the molecule is CC(C)(CCN)c1ccoc1. The summed E-state index contributed by atoms with van der Waals surface area (Å²) in [4.78, 5) is 0. The highest BCUT2D eigenvalue weighted by Gasteiger charge is 2.19. The molecule has 0 bridgehead atoms. The molecule has 2 nitrogen and oxygen atoms in total. The highest BCUT2D eigenvalue weighted by molar-refractivity contribution is 5.17. The fourth-order valence-corrected chi connectivity index (χ4v) is 1.15. The monoisotopic (exact) mass is 153 g/mol. The van der Waals surface area contributed by atoms with Gasteiger partial charge in [0.05, 0.1) is 12.5 Å². The predicted molar refractivity (Wildman–Crippen MR) is 45.4 cm³/mol. The summed E-state index contributed by atoms with van der Waals surface area (Å²) in [5.41, 5.74) is 6.87. The lowest BCUT2D eigenvalue weighted by atomic mass is 9.83. The molecule has 0 saturated carbocycles. The third kappa shape index (κ3) is 1.84. The molecular weight excluding hydrogens is 138 g/mol. The van der Waals surface area contributed by atoms with Crippen molar-refractivity contribution in [1.29, 1.82) is 0 Å². The number of rotatable bonds is 3. The van der Waals surface area contributed by atoms with Crippen molar-refractivity contribution in [1.82, 2.24) is 0 Å². The van der Waals surface area contributed by atoms with E-state index in [1.165, 1.54) is 5.56 Å². The summed E-state index contributed by atoms with van der Waals surface area (Å²) >= 11 is 0. The van der Waals surface area contributed by atoms with E-state index >= 15 is 0 Å². The summed E-state index contributed by atoms with van der Waals surface area (Å²) in [5.74, 6) is 0. The molecule has 2 heteroatoms. The summed E-state index contributed by atoms with van der Waals surface area (Å²) in [6.07, 6.45) is 4.48. The van der Waals surface area contributed by atoms with Crippen LogP contribution in [0.3, 0.4) is 0 Å². The largest absolute Gasteiger partial charge is 0.472 e. The minimum Gasteiger partial charge on any atom is -0.472 e. The van der Waals surface area contributed by atoms with Gasteiger partial charge in [-0.05, 0) is 30.0 Å². The highest BCUT2D eigenvalue weighted by atomic mass is 16.3. The lowest BCUT2D eigenvalue weighted by Gasteiger charge is -2.21. The maximum atomic E-state index is 5.49. The van der Waals surface area contributed by atoms with Gasteiger partial charge in [-0.1, -0.05) is 13.8 Å². The molecule has 0 aliphatic carbocycles. The molecule has 1 aromatic heterocycles. The minimum absolute atomic E-state index is 0.155. The number of nitrogens with two attached hydrogens (primary N) is 1. The molecule has 1 heterocycles. The molecular formula is C9H15NO. The smallest absolute Gasteiger partial charge is 0.0939 e. The Kier molecular flexibility index (Phi) is 2.35. The van der Waals surface area contributed by atoms with Gasteiger partial charge in [0, 0.05) is 0 Å². The number of furan rings is 1. The molecule has 0 spiro atoms. The molecule has 0 radical (unpaired) electrons. The second kappa shape index (κ2) is 3.09. The van der Waals surface area contributed by atoms with E-state index in [9.17, 15) is 0 Å². The number of hydrogen-bond acceptors (Lipinski definition) is 2. The van der Waals surface area contributed by atoms with Crippen molar-refractivity contribution in [3.63, 3.8) is 0 Å². The van der Waals surface area contributed by atoms with Crippen LogP contribution in [0.4, 0.5) is 0 Å². The van der Waals surface area contributed by atoms with Gasteiger partial charge in [0.1, 0.15) is 0 Å². The Morgan fingerprint density at radius 2 is 2.27 bits per heavy atom. The van der Waals surface area contributed by atoms with Gasteiger partial charge in [0.2, 0.25) is 0 Å². The van der Waals surface area contributed by atoms with Gasteiger partial charge >= 0.3 is 0 Å². The predicted octanol–water partition coefficient (Wildman–Crippen LogP) is 1.91. The molecule has 1 rings (SSSR count). The van der Waals surface area contributed by atoms with E-state index < -0.39 is 0 Å². The normalized spacial score (nSPS) is 11.9. The average Bonchev–Trinajstić information content (AvgIpc) is 2.37. The van der Waals surface area contributed by atoms with Gasteiger partial charge in [0.15, 0.2) is 0 Å². The molecule has 0 aliphatic heterocycles. The molecule has 0 aromatic carbocycles. The quantitative estimate of drug-likeness (QED) is 0.720. The highest BCUT2D eigenvalue weighted by Crippen LogP contribution is 2.26. The molecule has 0 aliphatic rings. The molecule has 11 heavy (non-hydrogen) atoms. The first-order valence-corrected chi connectivity index (χ1v) is 3.89. The maximum Gasteiger partial charge on any atom is 0.0939 e. The Morgan fingerprint density at radius 1 is 1.55 bits per heavy atom. The van der Waals surface area contributed by atoms with Gasteiger partial charge in [-0.15, -0.1) is 0 Å². The molecule has 0 fully saturated rings. The Morgan fingerprint density at radius 3 is 2.73 bits per heavy atom. The van der Waals surface area contributed by atoms with Crippen LogP contribution in [0.15, 0.2) is 23.0 Å². The third-order valence-corrected chi connectivity index (χ3v) is 2.07. The zero-order chi connectivity index (χ0) is 8.32. The maximum absolute atomic E-state index is 5.49. The summed E-state index contributed by atoms with van der Waals surface area (Å²) in [6.45, 7) is 5.06. The van der Waals surface area contributed by atoms with Gasteiger partial charge in [0.25, 0.3) is 0 Å². The van der Waals surface area contributed by atoms with Crippen LogP contribution >= 0.6 is 0 Å². The number of hydrogen-bond donors (Lipinski definition) is 1. The van der Waals surface area contributed by atoms with Crippen LogP contribution in [0.5, 0.6) is 0 Å². The van der Waals surface area contributed by atoms with Crippen LogP contribution in [-0.4, -0.2) is 6.54 Å². The van der Waals surface area contributed by atoms with Crippen LogP contribution in [0, 0.1) is 0 Å². The van der Waals surface area contributed by atoms with E-state index in [0.29, 0.717) is 0 Å². The van der Waals surface area contributed by atoms with Crippen LogP contribution in [-0.2, 0) is 5.41 Å². The van der Waals surface area contributed by atoms with Crippen LogP contribution in [0.25, 0.3) is 0 Å². The fraction of sp³-hybridized carbons (Fsp3) is 0.556. The Bertz CT molecular complexity index is 201. The average molecular weight is 153 g/mol. The van der Waals surface area contributed by atoms with E-state index in [1.807, 2.05) is 6.07 Å². The molecule has 0 unspecified atom stereocenters. The van der Waals surface area contributed by atoms with E-state index in [2.05, 4.69) is 13.8 Å². The standard InChI is InChI=1S/C9H15NO/c1-9(2,4-5-10)8-3-6-11-7-8/h3,6-7H,4-5,10H2,1-2H3. The zero-order valence-electron chi connectivity index (χ0n) is 7.13. The van der Waals surface area contributed by atoms with Crippen molar-refractivity contribution in [3.05, 3.63) is 24.2 Å². The first-order chi connectivity index (χ1) is 5.17. The lowest BCUT2D eigenvalue weighted by molar-refractivity contribution is 0.475. The molecule has 1 aromatic rings. The van der Waals surface area contributed by atoms with E-state index in [-0.39, 0.29) is 5.41 Å². The van der Waals surface area contributed by atoms with Crippen LogP contribution in [0.2, 0.25) is 0 Å². The fourth-order valence-electron chi connectivity index (χ4n) is 1.15. The summed E-state index contributed by atoms with van der Waals surface area (Å²) in [6, 6.07) is 2.00.